The van der Waals surface area contributed by atoms with E-state index in [1.807, 2.05) is 0 Å². The lowest BCUT2D eigenvalue weighted by Crippen LogP contribution is -2.14. The van der Waals surface area contributed by atoms with E-state index in [2.05, 4.69) is 172 Å². The van der Waals surface area contributed by atoms with E-state index in [0.29, 0.717) is 0 Å². The maximum atomic E-state index is 2.58. The number of hydrogen-bond donors (Lipinski definition) is 0. The Morgan fingerprint density at radius 3 is 1.57 bits per heavy atom. The Balaban J connectivity index is 1.43. The van der Waals surface area contributed by atoms with Gasteiger partial charge in [-0.3, -0.25) is 0 Å². The minimum atomic E-state index is -0.108. The molecule has 51 heavy (non-hydrogen) atoms. The summed E-state index contributed by atoms with van der Waals surface area (Å²) in [4.78, 5) is 0. The van der Waals surface area contributed by atoms with E-state index >= 15 is 0 Å². The number of fused-ring (bicyclic) bond motifs is 12. The number of hydrogen-bond acceptors (Lipinski definition) is 0. The van der Waals surface area contributed by atoms with Crippen LogP contribution in [0.2, 0.25) is 0 Å². The van der Waals surface area contributed by atoms with E-state index in [1.54, 1.807) is 0 Å². The molecule has 236 valence electrons. The highest BCUT2D eigenvalue weighted by atomic mass is 14.4. The summed E-state index contributed by atoms with van der Waals surface area (Å²) in [5.41, 5.74) is 10.7. The van der Waals surface area contributed by atoms with Crippen LogP contribution in [0.25, 0.3) is 109 Å². The maximum Gasteiger partial charge on any atom is 0.0159 e. The lowest BCUT2D eigenvalue weighted by atomic mass is 9.81. The number of rotatable bonds is 2. The molecule has 1 aliphatic rings. The highest BCUT2D eigenvalue weighted by Crippen LogP contribution is 2.58. The van der Waals surface area contributed by atoms with E-state index in [-0.39, 0.29) is 5.41 Å². The molecule has 0 heteroatoms. The molecular formula is C51H32. The highest BCUT2D eigenvalue weighted by molar-refractivity contribution is 6.45. The van der Waals surface area contributed by atoms with Crippen LogP contribution in [0.4, 0.5) is 0 Å². The molecule has 0 amide bonds. The Hall–Kier alpha value is -6.24. The van der Waals surface area contributed by atoms with Crippen molar-refractivity contribution >= 4 is 75.4 Å². The third-order valence-electron chi connectivity index (χ3n) is 12.3. The third kappa shape index (κ3) is 3.31. The van der Waals surface area contributed by atoms with Crippen LogP contribution in [0.5, 0.6) is 0 Å². The zero-order valence-corrected chi connectivity index (χ0v) is 28.5. The van der Waals surface area contributed by atoms with Gasteiger partial charge in [-0.25, -0.2) is 0 Å². The first-order chi connectivity index (χ1) is 25.1. The second-order valence-electron chi connectivity index (χ2n) is 15.1. The molecule has 0 nitrogen and oxygen atoms in total. The average Bonchev–Trinajstić information content (AvgIpc) is 3.77. The molecule has 0 N–H and O–H groups in total. The van der Waals surface area contributed by atoms with Crippen molar-refractivity contribution in [3.8, 4) is 33.4 Å². The first kappa shape index (κ1) is 27.6. The molecule has 0 heterocycles. The van der Waals surface area contributed by atoms with Crippen molar-refractivity contribution in [1.29, 1.82) is 0 Å². The molecule has 0 spiro atoms. The molecular weight excluding hydrogens is 613 g/mol. The lowest BCUT2D eigenvalue weighted by molar-refractivity contribution is 0.661. The van der Waals surface area contributed by atoms with Gasteiger partial charge in [-0.2, -0.15) is 0 Å². The van der Waals surface area contributed by atoms with Gasteiger partial charge in [0.2, 0.25) is 0 Å². The molecule has 12 rings (SSSR count). The van der Waals surface area contributed by atoms with Gasteiger partial charge in [-0.05, 0) is 132 Å². The van der Waals surface area contributed by atoms with Crippen molar-refractivity contribution in [3.63, 3.8) is 0 Å². The summed E-state index contributed by atoms with van der Waals surface area (Å²) in [5.74, 6) is 0. The molecule has 0 fully saturated rings. The Labute approximate surface area is 295 Å². The standard InChI is InChI=1S/C51H32/c1-51(2)41-26-12-11-21-34(41)47-35-23-14-25-37-46(35)40(28-42(47)51)50-43(29-15-5-3-6-16-29)39-27-38-32-20-10-9-19-31(32)33-22-13-24-36(45(33)38)48(39)44(49(37)50)30-17-7-4-8-18-30/h3-28H,1-2H3. The van der Waals surface area contributed by atoms with Crippen LogP contribution in [0.15, 0.2) is 158 Å². The topological polar surface area (TPSA) is 0 Å². The van der Waals surface area contributed by atoms with Crippen LogP contribution in [-0.2, 0) is 5.41 Å². The molecule has 0 aromatic heterocycles. The van der Waals surface area contributed by atoms with Crippen molar-refractivity contribution in [2.45, 2.75) is 19.3 Å². The van der Waals surface area contributed by atoms with Crippen molar-refractivity contribution in [2.24, 2.45) is 0 Å². The van der Waals surface area contributed by atoms with E-state index < -0.39 is 0 Å². The fourth-order valence-electron chi connectivity index (χ4n) is 10.3. The molecule has 0 radical (unpaired) electrons. The van der Waals surface area contributed by atoms with Crippen LogP contribution in [0.3, 0.4) is 0 Å². The average molecular weight is 645 g/mol. The molecule has 0 saturated carbocycles. The van der Waals surface area contributed by atoms with Gasteiger partial charge in [0.05, 0.1) is 0 Å². The summed E-state index contributed by atoms with van der Waals surface area (Å²) in [7, 11) is 0. The maximum absolute atomic E-state index is 2.58. The van der Waals surface area contributed by atoms with E-state index in [0.717, 1.165) is 0 Å². The highest BCUT2D eigenvalue weighted by Gasteiger charge is 2.38. The Bertz CT molecular complexity index is 3240. The van der Waals surface area contributed by atoms with Crippen LogP contribution in [0.1, 0.15) is 25.0 Å². The Kier molecular flexibility index (Phi) is 5.14. The van der Waals surface area contributed by atoms with Gasteiger partial charge in [0.15, 0.2) is 0 Å². The third-order valence-corrected chi connectivity index (χ3v) is 12.3. The Morgan fingerprint density at radius 1 is 0.294 bits per heavy atom. The summed E-state index contributed by atoms with van der Waals surface area (Å²) in [6, 6.07) is 59.5. The van der Waals surface area contributed by atoms with E-state index in [9.17, 15) is 0 Å². The summed E-state index contributed by atoms with van der Waals surface area (Å²) >= 11 is 0. The summed E-state index contributed by atoms with van der Waals surface area (Å²) in [6.45, 7) is 4.82. The molecule has 1 aliphatic carbocycles. The largest absolute Gasteiger partial charge is 0.0622 e. The minimum absolute atomic E-state index is 0.108. The quantitative estimate of drug-likeness (QED) is 0.164. The van der Waals surface area contributed by atoms with Gasteiger partial charge in [0, 0.05) is 5.41 Å². The van der Waals surface area contributed by atoms with Crippen molar-refractivity contribution in [3.05, 3.63) is 169 Å². The van der Waals surface area contributed by atoms with Crippen LogP contribution >= 0.6 is 0 Å². The van der Waals surface area contributed by atoms with Gasteiger partial charge in [-0.1, -0.05) is 159 Å². The van der Waals surface area contributed by atoms with Crippen molar-refractivity contribution in [1.82, 2.24) is 0 Å². The van der Waals surface area contributed by atoms with Gasteiger partial charge in [0.1, 0.15) is 0 Å². The monoisotopic (exact) mass is 644 g/mol. The van der Waals surface area contributed by atoms with Crippen LogP contribution < -0.4 is 0 Å². The van der Waals surface area contributed by atoms with Gasteiger partial charge in [0.25, 0.3) is 0 Å². The summed E-state index contributed by atoms with van der Waals surface area (Å²) in [5, 5.41) is 18.9. The first-order valence-electron chi connectivity index (χ1n) is 18.1. The van der Waals surface area contributed by atoms with Crippen LogP contribution in [-0.4, -0.2) is 0 Å². The Morgan fingerprint density at radius 2 is 0.824 bits per heavy atom. The molecule has 0 aliphatic heterocycles. The fraction of sp³-hybridized carbons (Fsp3) is 0.0588. The molecule has 0 unspecified atom stereocenters. The molecule has 0 bridgehead atoms. The predicted molar refractivity (Wildman–Crippen MR) is 220 cm³/mol. The van der Waals surface area contributed by atoms with Gasteiger partial charge < -0.3 is 0 Å². The SMILES string of the molecule is CC1(C)c2ccccc2-c2c1cc1c3c(-c4ccccc4)c4cc5c6ccccc6c6cccc(c4c(-c4ccccc4)c3c3cccc2c13)c65. The minimum Gasteiger partial charge on any atom is -0.0622 e. The molecule has 11 aromatic rings. The normalized spacial score (nSPS) is 13.8. The zero-order chi connectivity index (χ0) is 33.6. The van der Waals surface area contributed by atoms with Gasteiger partial charge >= 0.3 is 0 Å². The second kappa shape index (κ2) is 9.50. The summed E-state index contributed by atoms with van der Waals surface area (Å²) < 4.78 is 0. The molecule has 0 atom stereocenters. The van der Waals surface area contributed by atoms with Gasteiger partial charge in [-0.15, -0.1) is 0 Å². The van der Waals surface area contributed by atoms with Crippen molar-refractivity contribution < 1.29 is 0 Å². The van der Waals surface area contributed by atoms with Crippen molar-refractivity contribution in [2.75, 3.05) is 0 Å². The van der Waals surface area contributed by atoms with Crippen LogP contribution in [0, 0.1) is 0 Å². The molecule has 11 aromatic carbocycles. The smallest absolute Gasteiger partial charge is 0.0159 e. The lowest BCUT2D eigenvalue weighted by Gasteiger charge is -2.22. The predicted octanol–water partition coefficient (Wildman–Crippen LogP) is 14.3. The first-order valence-corrected chi connectivity index (χ1v) is 18.1. The summed E-state index contributed by atoms with van der Waals surface area (Å²) in [6.07, 6.45) is 0. The zero-order valence-electron chi connectivity index (χ0n) is 28.5. The molecule has 0 saturated heterocycles. The fourth-order valence-corrected chi connectivity index (χ4v) is 10.3. The number of benzene rings is 9. The second-order valence-corrected chi connectivity index (χ2v) is 15.1. The van der Waals surface area contributed by atoms with E-state index in [4.69, 9.17) is 0 Å². The van der Waals surface area contributed by atoms with E-state index in [1.165, 1.54) is 120 Å².